The average molecular weight is 127 g/mol. The molecule has 1 heteroatoms. The zero-order chi connectivity index (χ0) is 6.69. The molecule has 0 heterocycles. The number of hydrogen-bond acceptors (Lipinski definition) is 0. The molecule has 9 heavy (non-hydrogen) atoms. The molecule has 1 rings (SSSR count). The van der Waals surface area contributed by atoms with E-state index in [0.29, 0.717) is 5.92 Å². The maximum atomic E-state index is 11.0. The van der Waals surface area contributed by atoms with E-state index in [1.165, 1.54) is 19.3 Å². The minimum atomic E-state index is -0.218. The van der Waals surface area contributed by atoms with E-state index < -0.39 is 0 Å². The summed E-state index contributed by atoms with van der Waals surface area (Å²) in [6, 6.07) is 0. The quantitative estimate of drug-likeness (QED) is 0.552. The minimum absolute atomic E-state index is 0.218. The van der Waals surface area contributed by atoms with Crippen molar-refractivity contribution in [2.45, 2.75) is 45.1 Å². The van der Waals surface area contributed by atoms with Crippen molar-refractivity contribution in [2.24, 2.45) is 5.92 Å². The van der Waals surface area contributed by atoms with Gasteiger partial charge >= 0.3 is 0 Å². The fraction of sp³-hybridized carbons (Fsp3) is 1.00. The normalized spacial score (nSPS) is 22.0. The molecule has 0 aromatic carbocycles. The van der Waals surface area contributed by atoms with Crippen LogP contribution in [0.25, 0.3) is 0 Å². The second-order valence-electron chi connectivity index (χ2n) is 3.02. The van der Waals surface area contributed by atoms with E-state index in [1.54, 1.807) is 0 Å². The van der Waals surface area contributed by atoms with Crippen LogP contribution in [-0.4, -0.2) is 6.10 Å². The van der Waals surface area contributed by atoms with Gasteiger partial charge < -0.3 is 0 Å². The van der Waals surface area contributed by atoms with Gasteiger partial charge in [-0.05, 0) is 25.2 Å². The molecule has 1 unspecified atom stereocenters. The van der Waals surface area contributed by atoms with Crippen molar-refractivity contribution >= 4 is 0 Å². The summed E-state index contributed by atoms with van der Waals surface area (Å²) in [6.07, 6.45) is 5.41. The summed E-state index contributed by atoms with van der Waals surface area (Å²) in [5.74, 6) is 0.566. The van der Waals surface area contributed by atoms with Gasteiger partial charge in [-0.15, -0.1) is 0 Å². The van der Waals surface area contributed by atoms with Gasteiger partial charge in [-0.3, -0.25) is 0 Å². The summed E-state index contributed by atoms with van der Waals surface area (Å²) >= 11 is 0. The van der Waals surface area contributed by atoms with Gasteiger partial charge in [0.25, 0.3) is 0 Å². The van der Waals surface area contributed by atoms with E-state index in [2.05, 4.69) is 6.92 Å². The fourth-order valence-electron chi connectivity index (χ4n) is 1.11. The van der Waals surface area contributed by atoms with Crippen molar-refractivity contribution in [3.05, 3.63) is 0 Å². The Bertz CT molecular complexity index is 76.6. The van der Waals surface area contributed by atoms with Crippen LogP contribution in [0.4, 0.5) is 0 Å². The summed E-state index contributed by atoms with van der Waals surface area (Å²) in [5, 5.41) is 11.0. The lowest BCUT2D eigenvalue weighted by Crippen LogP contribution is -2.05. The maximum absolute atomic E-state index is 11.0. The Labute approximate surface area is 57.1 Å². The second-order valence-corrected chi connectivity index (χ2v) is 3.02. The Morgan fingerprint density at radius 3 is 2.67 bits per heavy atom. The molecule has 0 saturated heterocycles. The lowest BCUT2D eigenvalue weighted by Gasteiger charge is -2.02. The largest absolute Gasteiger partial charge is 0.233 e. The smallest absolute Gasteiger partial charge is 0.0958 e. The second kappa shape index (κ2) is 3.21. The Hall–Kier alpha value is -0.0400. The topological polar surface area (TPSA) is 19.9 Å². The van der Waals surface area contributed by atoms with Gasteiger partial charge in [-0.1, -0.05) is 19.8 Å². The third-order valence-electron chi connectivity index (χ3n) is 1.99. The SMILES string of the molecule is CCCCC([O])C1CC1. The fourth-order valence-corrected chi connectivity index (χ4v) is 1.11. The van der Waals surface area contributed by atoms with Crippen molar-refractivity contribution < 1.29 is 5.11 Å². The van der Waals surface area contributed by atoms with Crippen LogP contribution in [0.1, 0.15) is 39.0 Å². The van der Waals surface area contributed by atoms with Gasteiger partial charge in [0.2, 0.25) is 0 Å². The highest BCUT2D eigenvalue weighted by molar-refractivity contribution is 4.80. The van der Waals surface area contributed by atoms with Crippen LogP contribution in [0.2, 0.25) is 0 Å². The monoisotopic (exact) mass is 127 g/mol. The molecule has 0 amide bonds. The predicted octanol–water partition coefficient (Wildman–Crippen LogP) is 2.39. The van der Waals surface area contributed by atoms with E-state index in [-0.39, 0.29) is 6.10 Å². The third kappa shape index (κ3) is 2.35. The Kier molecular flexibility index (Phi) is 2.52. The summed E-state index contributed by atoms with van der Waals surface area (Å²) < 4.78 is 0. The molecule has 1 aliphatic carbocycles. The molecule has 0 aromatic rings. The highest BCUT2D eigenvalue weighted by Crippen LogP contribution is 2.34. The average Bonchev–Trinajstić information content (AvgIpc) is 2.63. The van der Waals surface area contributed by atoms with Crippen LogP contribution in [-0.2, 0) is 5.11 Å². The lowest BCUT2D eigenvalue weighted by molar-refractivity contribution is 0.0604. The Balaban J connectivity index is 1.96. The van der Waals surface area contributed by atoms with E-state index in [1.807, 2.05) is 0 Å². The Morgan fingerprint density at radius 1 is 1.56 bits per heavy atom. The Morgan fingerprint density at radius 2 is 2.22 bits per heavy atom. The van der Waals surface area contributed by atoms with Gasteiger partial charge in [0.1, 0.15) is 0 Å². The molecule has 0 bridgehead atoms. The standard InChI is InChI=1S/C8H15O/c1-2-3-4-8(9)7-5-6-7/h7-8H,2-6H2,1H3. The first-order valence-corrected chi connectivity index (χ1v) is 4.00. The first kappa shape index (κ1) is 7.07. The molecule has 1 radical (unpaired) electrons. The molecule has 1 fully saturated rings. The highest BCUT2D eigenvalue weighted by atomic mass is 16.3. The van der Waals surface area contributed by atoms with Crippen LogP contribution in [0.15, 0.2) is 0 Å². The first-order valence-electron chi connectivity index (χ1n) is 4.00. The van der Waals surface area contributed by atoms with Gasteiger partial charge in [0.15, 0.2) is 0 Å². The van der Waals surface area contributed by atoms with Crippen molar-refractivity contribution in [1.82, 2.24) is 0 Å². The summed E-state index contributed by atoms with van der Waals surface area (Å²) in [7, 11) is 0. The first-order chi connectivity index (χ1) is 4.34. The molecule has 1 nitrogen and oxygen atoms in total. The molecule has 1 aliphatic rings. The van der Waals surface area contributed by atoms with Gasteiger partial charge in [-0.2, -0.15) is 0 Å². The van der Waals surface area contributed by atoms with E-state index in [4.69, 9.17) is 0 Å². The van der Waals surface area contributed by atoms with Crippen LogP contribution < -0.4 is 0 Å². The van der Waals surface area contributed by atoms with Crippen molar-refractivity contribution in [1.29, 1.82) is 0 Å². The number of rotatable bonds is 4. The maximum Gasteiger partial charge on any atom is 0.0958 e. The number of unbranched alkanes of at least 4 members (excludes halogenated alkanes) is 1. The molecule has 53 valence electrons. The minimum Gasteiger partial charge on any atom is -0.233 e. The molecule has 0 spiro atoms. The van der Waals surface area contributed by atoms with Crippen molar-refractivity contribution in [3.8, 4) is 0 Å². The highest BCUT2D eigenvalue weighted by Gasteiger charge is 2.30. The zero-order valence-corrected chi connectivity index (χ0v) is 6.10. The molecule has 0 aromatic heterocycles. The van der Waals surface area contributed by atoms with Crippen LogP contribution in [0, 0.1) is 5.92 Å². The molecular weight excluding hydrogens is 112 g/mol. The number of hydrogen-bond donors (Lipinski definition) is 0. The van der Waals surface area contributed by atoms with E-state index in [9.17, 15) is 5.11 Å². The van der Waals surface area contributed by atoms with E-state index >= 15 is 0 Å². The van der Waals surface area contributed by atoms with Crippen molar-refractivity contribution in [3.63, 3.8) is 0 Å². The van der Waals surface area contributed by atoms with Crippen LogP contribution in [0.3, 0.4) is 0 Å². The summed E-state index contributed by atoms with van der Waals surface area (Å²) in [5.41, 5.74) is 0. The lowest BCUT2D eigenvalue weighted by atomic mass is 10.1. The zero-order valence-electron chi connectivity index (χ0n) is 6.10. The van der Waals surface area contributed by atoms with Crippen LogP contribution in [0.5, 0.6) is 0 Å². The summed E-state index contributed by atoms with van der Waals surface area (Å²) in [6.45, 7) is 2.14. The summed E-state index contributed by atoms with van der Waals surface area (Å²) in [4.78, 5) is 0. The van der Waals surface area contributed by atoms with Gasteiger partial charge in [-0.25, -0.2) is 5.11 Å². The molecule has 1 atom stereocenters. The molecule has 1 saturated carbocycles. The third-order valence-corrected chi connectivity index (χ3v) is 1.99. The predicted molar refractivity (Wildman–Crippen MR) is 36.7 cm³/mol. The molecule has 0 N–H and O–H groups in total. The van der Waals surface area contributed by atoms with Crippen molar-refractivity contribution in [2.75, 3.05) is 0 Å². The van der Waals surface area contributed by atoms with Gasteiger partial charge in [0, 0.05) is 0 Å². The molecule has 0 aliphatic heterocycles. The van der Waals surface area contributed by atoms with Gasteiger partial charge in [0.05, 0.1) is 6.10 Å². The van der Waals surface area contributed by atoms with E-state index in [0.717, 1.165) is 12.8 Å². The van der Waals surface area contributed by atoms with Crippen LogP contribution >= 0.6 is 0 Å². The molecular formula is C8H15O.